The van der Waals surface area contributed by atoms with E-state index in [9.17, 15) is 0 Å². The van der Waals surface area contributed by atoms with Crippen LogP contribution in [0.15, 0.2) is 27.4 Å². The summed E-state index contributed by atoms with van der Waals surface area (Å²) in [5.41, 5.74) is 2.00. The molecule has 56 valence electrons. The number of nitrogens with zero attached hydrogens (tertiary/aromatic N) is 1. The standard InChI is InChI=1S/C7H4Br2N2/c8-4-3-10-5-1-2-6(9)11-7(4)5/h1-3,10H. The zero-order chi connectivity index (χ0) is 7.84. The molecule has 0 fully saturated rings. The molecule has 2 aromatic heterocycles. The molecule has 0 saturated heterocycles. The first-order valence-electron chi connectivity index (χ1n) is 3.06. The van der Waals surface area contributed by atoms with Crippen LogP contribution in [0.4, 0.5) is 0 Å². The van der Waals surface area contributed by atoms with Crippen molar-refractivity contribution in [2.75, 3.05) is 0 Å². The number of aromatic nitrogens is 2. The number of hydrogen-bond donors (Lipinski definition) is 1. The number of rotatable bonds is 0. The van der Waals surface area contributed by atoms with E-state index in [-0.39, 0.29) is 0 Å². The Morgan fingerprint density at radius 1 is 1.27 bits per heavy atom. The summed E-state index contributed by atoms with van der Waals surface area (Å²) >= 11 is 6.69. The van der Waals surface area contributed by atoms with Crippen LogP contribution < -0.4 is 0 Å². The van der Waals surface area contributed by atoms with Crippen LogP contribution >= 0.6 is 31.9 Å². The Kier molecular flexibility index (Phi) is 1.73. The third-order valence-corrected chi connectivity index (χ3v) is 2.49. The molecular formula is C7H4Br2N2. The second-order valence-corrected chi connectivity index (χ2v) is 3.83. The van der Waals surface area contributed by atoms with Gasteiger partial charge in [0.2, 0.25) is 0 Å². The van der Waals surface area contributed by atoms with E-state index in [0.29, 0.717) is 0 Å². The summed E-state index contributed by atoms with van der Waals surface area (Å²) < 4.78 is 1.85. The van der Waals surface area contributed by atoms with Crippen molar-refractivity contribution in [3.05, 3.63) is 27.4 Å². The molecule has 0 atom stereocenters. The Labute approximate surface area is 80.3 Å². The van der Waals surface area contributed by atoms with Crippen molar-refractivity contribution in [2.24, 2.45) is 0 Å². The number of nitrogens with one attached hydrogen (secondary N) is 1. The summed E-state index contributed by atoms with van der Waals surface area (Å²) in [6, 6.07) is 3.89. The fourth-order valence-corrected chi connectivity index (χ4v) is 1.67. The highest BCUT2D eigenvalue weighted by molar-refractivity contribution is 9.11. The van der Waals surface area contributed by atoms with E-state index in [1.165, 1.54) is 0 Å². The van der Waals surface area contributed by atoms with Crippen molar-refractivity contribution in [1.82, 2.24) is 9.97 Å². The summed E-state index contributed by atoms with van der Waals surface area (Å²) in [6.45, 7) is 0. The first kappa shape index (κ1) is 7.31. The summed E-state index contributed by atoms with van der Waals surface area (Å²) in [5.74, 6) is 0. The normalized spacial score (nSPS) is 10.7. The van der Waals surface area contributed by atoms with E-state index in [1.807, 2.05) is 18.3 Å². The third kappa shape index (κ3) is 1.20. The average molecular weight is 276 g/mol. The fraction of sp³-hybridized carbons (Fsp3) is 0. The number of fused-ring (bicyclic) bond motifs is 1. The molecule has 11 heavy (non-hydrogen) atoms. The Morgan fingerprint density at radius 2 is 2.09 bits per heavy atom. The van der Waals surface area contributed by atoms with E-state index in [4.69, 9.17) is 0 Å². The average Bonchev–Trinajstić information content (AvgIpc) is 2.33. The Morgan fingerprint density at radius 3 is 2.91 bits per heavy atom. The molecule has 0 bridgehead atoms. The zero-order valence-corrected chi connectivity index (χ0v) is 8.61. The van der Waals surface area contributed by atoms with Gasteiger partial charge in [0.1, 0.15) is 10.1 Å². The summed E-state index contributed by atoms with van der Waals surface area (Å²) in [7, 11) is 0. The van der Waals surface area contributed by atoms with Crippen molar-refractivity contribution in [2.45, 2.75) is 0 Å². The molecular weight excluding hydrogens is 272 g/mol. The van der Waals surface area contributed by atoms with E-state index in [0.717, 1.165) is 20.1 Å². The molecule has 0 amide bonds. The lowest BCUT2D eigenvalue weighted by Crippen LogP contribution is -1.75. The van der Waals surface area contributed by atoms with Crippen LogP contribution in [0.1, 0.15) is 0 Å². The minimum Gasteiger partial charge on any atom is -0.359 e. The van der Waals surface area contributed by atoms with Gasteiger partial charge in [-0.3, -0.25) is 0 Å². The van der Waals surface area contributed by atoms with Crippen LogP contribution in [-0.4, -0.2) is 9.97 Å². The molecule has 0 spiro atoms. The Bertz CT molecular complexity index is 394. The lowest BCUT2D eigenvalue weighted by Gasteiger charge is -1.90. The molecule has 0 aliphatic carbocycles. The largest absolute Gasteiger partial charge is 0.359 e. The van der Waals surface area contributed by atoms with Gasteiger partial charge in [-0.25, -0.2) is 4.98 Å². The van der Waals surface area contributed by atoms with Gasteiger partial charge in [0.25, 0.3) is 0 Å². The zero-order valence-electron chi connectivity index (χ0n) is 5.44. The van der Waals surface area contributed by atoms with Gasteiger partial charge in [0.15, 0.2) is 0 Å². The van der Waals surface area contributed by atoms with Gasteiger partial charge < -0.3 is 4.98 Å². The fourth-order valence-electron chi connectivity index (χ4n) is 0.943. The van der Waals surface area contributed by atoms with Crippen LogP contribution in [0.5, 0.6) is 0 Å². The topological polar surface area (TPSA) is 28.7 Å². The molecule has 2 heterocycles. The second-order valence-electron chi connectivity index (χ2n) is 2.17. The highest BCUT2D eigenvalue weighted by atomic mass is 79.9. The van der Waals surface area contributed by atoms with Crippen LogP contribution in [0.2, 0.25) is 0 Å². The second kappa shape index (κ2) is 2.60. The first-order valence-corrected chi connectivity index (χ1v) is 4.65. The minimum absolute atomic E-state index is 0.852. The maximum Gasteiger partial charge on any atom is 0.106 e. The van der Waals surface area contributed by atoms with Crippen LogP contribution in [0.25, 0.3) is 11.0 Å². The highest BCUT2D eigenvalue weighted by Crippen LogP contribution is 2.22. The van der Waals surface area contributed by atoms with Gasteiger partial charge in [-0.2, -0.15) is 0 Å². The molecule has 0 aliphatic heterocycles. The SMILES string of the molecule is Brc1ccc2[nH]cc(Br)c2n1. The molecule has 0 saturated carbocycles. The smallest absolute Gasteiger partial charge is 0.106 e. The number of H-pyrrole nitrogens is 1. The lowest BCUT2D eigenvalue weighted by atomic mass is 10.4. The van der Waals surface area contributed by atoms with Gasteiger partial charge in [0.05, 0.1) is 9.99 Å². The van der Waals surface area contributed by atoms with Crippen molar-refractivity contribution in [3.63, 3.8) is 0 Å². The lowest BCUT2D eigenvalue weighted by molar-refractivity contribution is 1.35. The molecule has 0 aromatic carbocycles. The van der Waals surface area contributed by atoms with Gasteiger partial charge in [-0.05, 0) is 44.0 Å². The van der Waals surface area contributed by atoms with Gasteiger partial charge >= 0.3 is 0 Å². The van der Waals surface area contributed by atoms with Crippen molar-refractivity contribution < 1.29 is 0 Å². The monoisotopic (exact) mass is 274 g/mol. The highest BCUT2D eigenvalue weighted by Gasteiger charge is 2.01. The molecule has 0 aliphatic rings. The quantitative estimate of drug-likeness (QED) is 0.736. The summed E-state index contributed by atoms with van der Waals surface area (Å²) in [6.07, 6.45) is 1.88. The van der Waals surface area contributed by atoms with Crippen LogP contribution in [-0.2, 0) is 0 Å². The number of aromatic amines is 1. The Balaban J connectivity index is 2.87. The number of pyridine rings is 1. The third-order valence-electron chi connectivity index (χ3n) is 1.44. The predicted octanol–water partition coefficient (Wildman–Crippen LogP) is 3.09. The van der Waals surface area contributed by atoms with Crippen molar-refractivity contribution >= 4 is 42.9 Å². The predicted molar refractivity (Wildman–Crippen MR) is 51.5 cm³/mol. The molecule has 0 radical (unpaired) electrons. The maximum atomic E-state index is 4.27. The van der Waals surface area contributed by atoms with Gasteiger partial charge in [-0.1, -0.05) is 0 Å². The molecule has 2 rings (SSSR count). The van der Waals surface area contributed by atoms with E-state index in [1.54, 1.807) is 0 Å². The molecule has 4 heteroatoms. The Hall–Kier alpha value is -0.350. The maximum absolute atomic E-state index is 4.27. The summed E-state index contributed by atoms with van der Waals surface area (Å²) in [5, 5.41) is 0. The minimum atomic E-state index is 0.852. The van der Waals surface area contributed by atoms with Crippen molar-refractivity contribution in [1.29, 1.82) is 0 Å². The molecule has 2 nitrogen and oxygen atoms in total. The molecule has 0 unspecified atom stereocenters. The summed E-state index contributed by atoms with van der Waals surface area (Å²) in [4.78, 5) is 7.36. The molecule has 2 aromatic rings. The van der Waals surface area contributed by atoms with Crippen LogP contribution in [0, 0.1) is 0 Å². The first-order chi connectivity index (χ1) is 5.27. The van der Waals surface area contributed by atoms with Crippen LogP contribution in [0.3, 0.4) is 0 Å². The number of halogens is 2. The van der Waals surface area contributed by atoms with E-state index < -0.39 is 0 Å². The van der Waals surface area contributed by atoms with E-state index in [2.05, 4.69) is 41.8 Å². The van der Waals surface area contributed by atoms with Crippen molar-refractivity contribution in [3.8, 4) is 0 Å². The van der Waals surface area contributed by atoms with E-state index >= 15 is 0 Å². The number of hydrogen-bond acceptors (Lipinski definition) is 1. The van der Waals surface area contributed by atoms with Gasteiger partial charge in [0, 0.05) is 6.20 Å². The molecule has 1 N–H and O–H groups in total. The van der Waals surface area contributed by atoms with Gasteiger partial charge in [-0.15, -0.1) is 0 Å².